The summed E-state index contributed by atoms with van der Waals surface area (Å²) >= 11 is 0. The van der Waals surface area contributed by atoms with Gasteiger partial charge in [-0.2, -0.15) is 5.10 Å². The van der Waals surface area contributed by atoms with Gasteiger partial charge in [-0.25, -0.2) is 9.37 Å². The number of aromatic nitrogens is 4. The van der Waals surface area contributed by atoms with Crippen molar-refractivity contribution in [3.8, 4) is 0 Å². The highest BCUT2D eigenvalue weighted by Crippen LogP contribution is 2.31. The van der Waals surface area contributed by atoms with E-state index in [9.17, 15) is 4.39 Å². The highest BCUT2D eigenvalue weighted by molar-refractivity contribution is 5.95. The molecule has 1 atom stereocenters. The molecule has 0 unspecified atom stereocenters. The molecule has 2 N–H and O–H groups in total. The van der Waals surface area contributed by atoms with Crippen molar-refractivity contribution in [2.24, 2.45) is 0 Å². The number of anilines is 3. The molecule has 1 aliphatic rings. The van der Waals surface area contributed by atoms with E-state index in [-0.39, 0.29) is 0 Å². The fourth-order valence-electron chi connectivity index (χ4n) is 3.48. The number of benzene rings is 1. The van der Waals surface area contributed by atoms with E-state index in [1.165, 1.54) is 0 Å². The van der Waals surface area contributed by atoms with Crippen molar-refractivity contribution in [3.05, 3.63) is 48.8 Å². The van der Waals surface area contributed by atoms with Crippen LogP contribution < -0.4 is 10.2 Å². The first-order valence-corrected chi connectivity index (χ1v) is 8.62. The molecule has 4 aromatic rings. The largest absolute Gasteiger partial charge is 0.353 e. The Bertz CT molecular complexity index is 1090. The predicted octanol–water partition coefficient (Wildman–Crippen LogP) is 3.80. The molecule has 5 rings (SSSR count). The van der Waals surface area contributed by atoms with Crippen molar-refractivity contribution in [1.82, 2.24) is 20.2 Å². The first kappa shape index (κ1) is 15.1. The van der Waals surface area contributed by atoms with Gasteiger partial charge in [0.1, 0.15) is 17.5 Å². The fourth-order valence-corrected chi connectivity index (χ4v) is 3.48. The minimum atomic E-state index is -0.770. The Morgan fingerprint density at radius 2 is 2.12 bits per heavy atom. The van der Waals surface area contributed by atoms with Gasteiger partial charge < -0.3 is 10.2 Å². The van der Waals surface area contributed by atoms with Crippen molar-refractivity contribution in [3.63, 3.8) is 0 Å². The zero-order valence-electron chi connectivity index (χ0n) is 14.0. The van der Waals surface area contributed by atoms with E-state index in [0.29, 0.717) is 25.3 Å². The summed E-state index contributed by atoms with van der Waals surface area (Å²) < 4.78 is 13.6. The third-order valence-corrected chi connectivity index (χ3v) is 4.76. The molecular weight excluding hydrogens is 331 g/mol. The van der Waals surface area contributed by atoms with Gasteiger partial charge in [0.25, 0.3) is 0 Å². The SMILES string of the molecule is F[C@@H]1CCN(c2nccc3cc(Nc4n[nH]c5cccnc45)ccc23)C1. The molecule has 0 amide bonds. The van der Waals surface area contributed by atoms with Crippen LogP contribution >= 0.6 is 0 Å². The number of H-pyrrole nitrogens is 1. The molecule has 6 nitrogen and oxygen atoms in total. The molecule has 130 valence electrons. The second kappa shape index (κ2) is 5.94. The van der Waals surface area contributed by atoms with Crippen molar-refractivity contribution in [2.45, 2.75) is 12.6 Å². The number of rotatable bonds is 3. The summed E-state index contributed by atoms with van der Waals surface area (Å²) in [5, 5.41) is 12.7. The molecule has 0 saturated carbocycles. The van der Waals surface area contributed by atoms with E-state index in [1.807, 2.05) is 41.3 Å². The number of fused-ring (bicyclic) bond motifs is 2. The predicted molar refractivity (Wildman–Crippen MR) is 101 cm³/mol. The minimum absolute atomic E-state index is 0.414. The molecule has 1 aromatic carbocycles. The normalized spacial score (nSPS) is 17.3. The van der Waals surface area contributed by atoms with Crippen molar-refractivity contribution in [2.75, 3.05) is 23.3 Å². The van der Waals surface area contributed by atoms with Crippen LogP contribution in [0.15, 0.2) is 48.8 Å². The molecule has 1 saturated heterocycles. The Morgan fingerprint density at radius 1 is 1.15 bits per heavy atom. The average molecular weight is 348 g/mol. The molecule has 26 heavy (non-hydrogen) atoms. The molecular formula is C19H17FN6. The maximum atomic E-state index is 13.6. The molecule has 4 heterocycles. The number of halogens is 1. The molecule has 0 radical (unpaired) electrons. The van der Waals surface area contributed by atoms with Crippen LogP contribution in [0, 0.1) is 0 Å². The van der Waals surface area contributed by atoms with Gasteiger partial charge in [0, 0.05) is 30.0 Å². The lowest BCUT2D eigenvalue weighted by atomic mass is 10.1. The molecule has 0 bridgehead atoms. The number of pyridine rings is 2. The molecule has 3 aromatic heterocycles. The Morgan fingerprint density at radius 3 is 3.00 bits per heavy atom. The van der Waals surface area contributed by atoms with Crippen LogP contribution in [-0.4, -0.2) is 39.4 Å². The molecule has 0 aliphatic carbocycles. The summed E-state index contributed by atoms with van der Waals surface area (Å²) in [5.74, 6) is 1.54. The average Bonchev–Trinajstić information content (AvgIpc) is 3.28. The van der Waals surface area contributed by atoms with Gasteiger partial charge in [0.05, 0.1) is 12.1 Å². The quantitative estimate of drug-likeness (QED) is 0.589. The number of nitrogens with one attached hydrogen (secondary N) is 2. The monoisotopic (exact) mass is 348 g/mol. The molecule has 1 aliphatic heterocycles. The lowest BCUT2D eigenvalue weighted by molar-refractivity contribution is 0.364. The van der Waals surface area contributed by atoms with Crippen LogP contribution in [0.2, 0.25) is 0 Å². The summed E-state index contributed by atoms with van der Waals surface area (Å²) in [6.07, 6.45) is 3.32. The third kappa shape index (κ3) is 2.52. The fraction of sp³-hybridized carbons (Fsp3) is 0.211. The Hall–Kier alpha value is -3.22. The van der Waals surface area contributed by atoms with Crippen LogP contribution in [0.25, 0.3) is 21.8 Å². The Kier molecular flexibility index (Phi) is 3.44. The molecule has 7 heteroatoms. The lowest BCUT2D eigenvalue weighted by Crippen LogP contribution is -2.21. The van der Waals surface area contributed by atoms with E-state index in [0.717, 1.165) is 33.3 Å². The third-order valence-electron chi connectivity index (χ3n) is 4.76. The van der Waals surface area contributed by atoms with Crippen LogP contribution in [0.4, 0.5) is 21.7 Å². The van der Waals surface area contributed by atoms with Gasteiger partial charge in [-0.05, 0) is 48.2 Å². The van der Waals surface area contributed by atoms with Crippen LogP contribution in [0.1, 0.15) is 6.42 Å². The maximum absolute atomic E-state index is 13.6. The smallest absolute Gasteiger partial charge is 0.178 e. The van der Waals surface area contributed by atoms with E-state index in [4.69, 9.17) is 0 Å². The van der Waals surface area contributed by atoms with E-state index in [2.05, 4.69) is 25.5 Å². The zero-order valence-corrected chi connectivity index (χ0v) is 14.0. The first-order valence-electron chi connectivity index (χ1n) is 8.62. The van der Waals surface area contributed by atoms with E-state index in [1.54, 1.807) is 12.4 Å². The summed E-state index contributed by atoms with van der Waals surface area (Å²) in [7, 11) is 0. The summed E-state index contributed by atoms with van der Waals surface area (Å²) in [6.45, 7) is 1.12. The highest BCUT2D eigenvalue weighted by atomic mass is 19.1. The number of alkyl halides is 1. The van der Waals surface area contributed by atoms with Crippen LogP contribution in [0.5, 0.6) is 0 Å². The van der Waals surface area contributed by atoms with E-state index >= 15 is 0 Å². The number of aromatic amines is 1. The summed E-state index contributed by atoms with van der Waals surface area (Å²) in [4.78, 5) is 10.9. The van der Waals surface area contributed by atoms with Crippen molar-refractivity contribution in [1.29, 1.82) is 0 Å². The van der Waals surface area contributed by atoms with Gasteiger partial charge in [-0.1, -0.05) is 0 Å². The summed E-state index contributed by atoms with van der Waals surface area (Å²) in [5.41, 5.74) is 2.60. The lowest BCUT2D eigenvalue weighted by Gasteiger charge is -2.18. The number of hydrogen-bond donors (Lipinski definition) is 2. The first-order chi connectivity index (χ1) is 12.8. The van der Waals surface area contributed by atoms with Gasteiger partial charge in [0.15, 0.2) is 5.82 Å². The molecule has 0 spiro atoms. The van der Waals surface area contributed by atoms with Gasteiger partial charge in [0.2, 0.25) is 0 Å². The van der Waals surface area contributed by atoms with Gasteiger partial charge >= 0.3 is 0 Å². The van der Waals surface area contributed by atoms with Crippen molar-refractivity contribution >= 4 is 39.1 Å². The van der Waals surface area contributed by atoms with Crippen LogP contribution in [0.3, 0.4) is 0 Å². The number of nitrogens with zero attached hydrogens (tertiary/aromatic N) is 4. The maximum Gasteiger partial charge on any atom is 0.178 e. The highest BCUT2D eigenvalue weighted by Gasteiger charge is 2.24. The second-order valence-corrected chi connectivity index (χ2v) is 6.50. The minimum Gasteiger partial charge on any atom is -0.353 e. The van der Waals surface area contributed by atoms with Gasteiger partial charge in [-0.3, -0.25) is 10.1 Å². The Balaban J connectivity index is 1.50. The zero-order chi connectivity index (χ0) is 17.5. The van der Waals surface area contributed by atoms with E-state index < -0.39 is 6.17 Å². The second-order valence-electron chi connectivity index (χ2n) is 6.50. The topological polar surface area (TPSA) is 69.7 Å². The van der Waals surface area contributed by atoms with Crippen molar-refractivity contribution < 1.29 is 4.39 Å². The Labute approximate surface area is 149 Å². The molecule has 1 fully saturated rings. The number of hydrogen-bond acceptors (Lipinski definition) is 5. The standard InChI is InChI=1S/C19H17FN6/c20-13-6-9-26(11-13)19-15-4-3-14(10-12(15)5-8-22-19)23-18-17-16(24-25-18)2-1-7-21-17/h1-5,7-8,10,13H,6,9,11H2,(H2,23,24,25)/t13-/m1/s1. The summed E-state index contributed by atoms with van der Waals surface area (Å²) in [6, 6.07) is 11.8. The van der Waals surface area contributed by atoms with Crippen LogP contribution in [-0.2, 0) is 0 Å². The van der Waals surface area contributed by atoms with Gasteiger partial charge in [-0.15, -0.1) is 0 Å².